The molecule has 0 spiro atoms. The molecule has 0 bridgehead atoms. The largest absolute Gasteiger partial charge is 0.480 e. The average Bonchev–Trinajstić information content (AvgIpc) is 2.04. The molecule has 1 rings (SSSR count). The Hall–Kier alpha value is -1.42. The predicted octanol–water partition coefficient (Wildman–Crippen LogP) is 0.649. The van der Waals surface area contributed by atoms with Gasteiger partial charge in [0.15, 0.2) is 5.54 Å². The first-order valence-corrected chi connectivity index (χ1v) is 3.90. The van der Waals surface area contributed by atoms with Crippen LogP contribution < -0.4 is 5.73 Å². The lowest BCUT2D eigenvalue weighted by molar-refractivity contribution is -0.143. The molecule has 0 aliphatic rings. The van der Waals surface area contributed by atoms with Crippen LogP contribution in [-0.4, -0.2) is 16.1 Å². The molecule has 0 unspecified atom stereocenters. The third-order valence-electron chi connectivity index (χ3n) is 1.95. The van der Waals surface area contributed by atoms with Crippen LogP contribution in [0.3, 0.4) is 0 Å². The van der Waals surface area contributed by atoms with Gasteiger partial charge in [0.25, 0.3) is 0 Å². The van der Waals surface area contributed by atoms with Crippen molar-refractivity contribution in [3.63, 3.8) is 0 Å². The fourth-order valence-corrected chi connectivity index (χ4v) is 1.13. The van der Waals surface area contributed by atoms with Gasteiger partial charge in [0.05, 0.1) is 5.69 Å². The van der Waals surface area contributed by atoms with Crippen molar-refractivity contribution in [1.82, 2.24) is 4.98 Å². The average molecular weight is 180 g/mol. The van der Waals surface area contributed by atoms with E-state index in [1.807, 2.05) is 0 Å². The number of aromatic nitrogens is 1. The molecule has 1 aromatic rings. The van der Waals surface area contributed by atoms with Gasteiger partial charge in [-0.05, 0) is 25.5 Å². The second kappa shape index (κ2) is 3.14. The van der Waals surface area contributed by atoms with E-state index in [2.05, 4.69) is 4.98 Å². The highest BCUT2D eigenvalue weighted by Crippen LogP contribution is 2.18. The van der Waals surface area contributed by atoms with E-state index in [9.17, 15) is 4.79 Å². The minimum Gasteiger partial charge on any atom is -0.480 e. The van der Waals surface area contributed by atoms with Crippen molar-refractivity contribution in [1.29, 1.82) is 0 Å². The number of carboxylic acid groups (broad SMARTS) is 1. The number of rotatable bonds is 2. The molecule has 0 amide bonds. The van der Waals surface area contributed by atoms with Crippen LogP contribution in [0.1, 0.15) is 18.2 Å². The van der Waals surface area contributed by atoms with Crippen molar-refractivity contribution in [3.05, 3.63) is 29.6 Å². The zero-order valence-electron chi connectivity index (χ0n) is 7.61. The summed E-state index contributed by atoms with van der Waals surface area (Å²) in [7, 11) is 0. The van der Waals surface area contributed by atoms with E-state index in [0.29, 0.717) is 5.69 Å². The van der Waals surface area contributed by atoms with Gasteiger partial charge in [-0.25, -0.2) is 4.79 Å². The highest BCUT2D eigenvalue weighted by Gasteiger charge is 2.32. The van der Waals surface area contributed by atoms with Crippen molar-refractivity contribution in [2.75, 3.05) is 0 Å². The molecule has 4 nitrogen and oxygen atoms in total. The third kappa shape index (κ3) is 1.67. The number of carbonyl (C=O) groups is 1. The van der Waals surface area contributed by atoms with Gasteiger partial charge in [0.1, 0.15) is 0 Å². The van der Waals surface area contributed by atoms with Crippen LogP contribution in [0.2, 0.25) is 0 Å². The summed E-state index contributed by atoms with van der Waals surface area (Å²) in [4.78, 5) is 14.8. The predicted molar refractivity (Wildman–Crippen MR) is 48.1 cm³/mol. The molecule has 0 saturated heterocycles. The Morgan fingerprint density at radius 3 is 2.77 bits per heavy atom. The van der Waals surface area contributed by atoms with Crippen molar-refractivity contribution in [3.8, 4) is 0 Å². The summed E-state index contributed by atoms with van der Waals surface area (Å²) in [5.74, 6) is -1.07. The number of nitrogens with zero attached hydrogens (tertiary/aromatic N) is 1. The molecule has 0 fully saturated rings. The smallest absolute Gasteiger partial charge is 0.329 e. The topological polar surface area (TPSA) is 76.2 Å². The Morgan fingerprint density at radius 2 is 2.31 bits per heavy atom. The molecule has 0 aromatic carbocycles. The zero-order valence-corrected chi connectivity index (χ0v) is 7.61. The quantitative estimate of drug-likeness (QED) is 0.700. The van der Waals surface area contributed by atoms with Crippen molar-refractivity contribution in [2.45, 2.75) is 19.4 Å². The number of aliphatic carboxylic acids is 1. The lowest BCUT2D eigenvalue weighted by Gasteiger charge is -2.19. The maximum atomic E-state index is 10.8. The number of hydrogen-bond donors (Lipinski definition) is 2. The molecular formula is C9H12N2O2. The minimum absolute atomic E-state index is 0.405. The molecule has 0 aliphatic heterocycles. The fourth-order valence-electron chi connectivity index (χ4n) is 1.13. The van der Waals surface area contributed by atoms with Crippen LogP contribution in [0.5, 0.6) is 0 Å². The van der Waals surface area contributed by atoms with Crippen molar-refractivity contribution < 1.29 is 9.90 Å². The van der Waals surface area contributed by atoms with Crippen LogP contribution in [0.4, 0.5) is 0 Å². The van der Waals surface area contributed by atoms with Crippen LogP contribution in [0, 0.1) is 6.92 Å². The highest BCUT2D eigenvalue weighted by atomic mass is 16.4. The van der Waals surface area contributed by atoms with Crippen molar-refractivity contribution >= 4 is 5.97 Å². The maximum Gasteiger partial charge on any atom is 0.329 e. The molecule has 1 atom stereocenters. The normalized spacial score (nSPS) is 15.0. The Kier molecular flexibility index (Phi) is 2.34. The Bertz CT molecular complexity index is 334. The molecule has 3 N–H and O–H groups in total. The van der Waals surface area contributed by atoms with Gasteiger partial charge in [-0.2, -0.15) is 0 Å². The SMILES string of the molecule is Cc1cccnc1[C@](C)(N)C(=O)O. The summed E-state index contributed by atoms with van der Waals surface area (Å²) in [5.41, 5.74) is 5.40. The Labute approximate surface area is 76.4 Å². The molecule has 13 heavy (non-hydrogen) atoms. The highest BCUT2D eigenvalue weighted by molar-refractivity contribution is 5.79. The summed E-state index contributed by atoms with van der Waals surface area (Å²) >= 11 is 0. The van der Waals surface area contributed by atoms with E-state index in [1.54, 1.807) is 19.1 Å². The van der Waals surface area contributed by atoms with Gasteiger partial charge in [-0.15, -0.1) is 0 Å². The molecule has 0 saturated carbocycles. The summed E-state index contributed by atoms with van der Waals surface area (Å²) in [5, 5.41) is 8.85. The van der Waals surface area contributed by atoms with Gasteiger partial charge in [0, 0.05) is 6.20 Å². The second-order valence-electron chi connectivity index (χ2n) is 3.18. The first-order chi connectivity index (χ1) is 5.96. The van der Waals surface area contributed by atoms with Crippen LogP contribution in [0.25, 0.3) is 0 Å². The van der Waals surface area contributed by atoms with Gasteiger partial charge in [0.2, 0.25) is 0 Å². The zero-order chi connectivity index (χ0) is 10.1. The minimum atomic E-state index is -1.41. The Morgan fingerprint density at radius 1 is 1.69 bits per heavy atom. The van der Waals surface area contributed by atoms with E-state index >= 15 is 0 Å². The standard InChI is InChI=1S/C9H12N2O2/c1-6-4-3-5-11-7(6)9(2,10)8(12)13/h3-5H,10H2,1-2H3,(H,12,13)/t9-/m0/s1. The van der Waals surface area contributed by atoms with E-state index in [0.717, 1.165) is 5.56 Å². The number of nitrogens with two attached hydrogens (primary N) is 1. The number of hydrogen-bond acceptors (Lipinski definition) is 3. The van der Waals surface area contributed by atoms with Crippen LogP contribution >= 0.6 is 0 Å². The Balaban J connectivity index is 3.22. The lowest BCUT2D eigenvalue weighted by atomic mass is 9.95. The van der Waals surface area contributed by atoms with E-state index in [4.69, 9.17) is 10.8 Å². The molecule has 1 heterocycles. The molecule has 1 aromatic heterocycles. The van der Waals surface area contributed by atoms with Gasteiger partial charge < -0.3 is 10.8 Å². The number of pyridine rings is 1. The first kappa shape index (κ1) is 9.67. The lowest BCUT2D eigenvalue weighted by Crippen LogP contribution is -2.43. The van der Waals surface area contributed by atoms with Gasteiger partial charge >= 0.3 is 5.97 Å². The first-order valence-electron chi connectivity index (χ1n) is 3.90. The molecule has 70 valence electrons. The van der Waals surface area contributed by atoms with Gasteiger partial charge in [-0.1, -0.05) is 6.07 Å². The summed E-state index contributed by atoms with van der Waals surface area (Å²) in [6, 6.07) is 3.53. The molecule has 0 radical (unpaired) electrons. The third-order valence-corrected chi connectivity index (χ3v) is 1.95. The number of carboxylic acids is 1. The van der Waals surface area contributed by atoms with E-state index < -0.39 is 11.5 Å². The van der Waals surface area contributed by atoms with Crippen molar-refractivity contribution in [2.24, 2.45) is 5.73 Å². The maximum absolute atomic E-state index is 10.8. The van der Waals surface area contributed by atoms with E-state index in [-0.39, 0.29) is 0 Å². The fraction of sp³-hybridized carbons (Fsp3) is 0.333. The van der Waals surface area contributed by atoms with Gasteiger partial charge in [-0.3, -0.25) is 4.98 Å². The van der Waals surface area contributed by atoms with Crippen LogP contribution in [0.15, 0.2) is 18.3 Å². The monoisotopic (exact) mass is 180 g/mol. The van der Waals surface area contributed by atoms with Crippen LogP contribution in [-0.2, 0) is 10.3 Å². The summed E-state index contributed by atoms with van der Waals surface area (Å²) in [6.45, 7) is 3.22. The van der Waals surface area contributed by atoms with E-state index in [1.165, 1.54) is 13.1 Å². The number of aryl methyl sites for hydroxylation is 1. The molecule has 4 heteroatoms. The summed E-state index contributed by atoms with van der Waals surface area (Å²) < 4.78 is 0. The molecule has 0 aliphatic carbocycles. The second-order valence-corrected chi connectivity index (χ2v) is 3.18. The summed E-state index contributed by atoms with van der Waals surface area (Å²) in [6.07, 6.45) is 1.54. The molecular weight excluding hydrogens is 168 g/mol.